The van der Waals surface area contributed by atoms with E-state index in [2.05, 4.69) is 50.4 Å². The molecule has 1 nitrogen and oxygen atoms in total. The van der Waals surface area contributed by atoms with Gasteiger partial charge in [-0.15, -0.1) is 0 Å². The topological polar surface area (TPSA) is 12.0 Å². The zero-order valence-corrected chi connectivity index (χ0v) is 10.9. The van der Waals surface area contributed by atoms with Gasteiger partial charge >= 0.3 is 0 Å². The normalized spacial score (nSPS) is 11.0. The zero-order chi connectivity index (χ0) is 11.8. The number of hydrogen-bond donors (Lipinski definition) is 1. The van der Waals surface area contributed by atoms with Crippen molar-refractivity contribution in [2.24, 2.45) is 5.92 Å². The SMILES string of the molecule is CCCc1ccc(CCNCC(C)C)cc1. The van der Waals surface area contributed by atoms with Crippen molar-refractivity contribution in [2.75, 3.05) is 13.1 Å². The highest BCUT2D eigenvalue weighted by Gasteiger charge is 1.96. The zero-order valence-electron chi connectivity index (χ0n) is 10.9. The molecule has 1 rings (SSSR count). The van der Waals surface area contributed by atoms with Crippen LogP contribution >= 0.6 is 0 Å². The molecule has 0 amide bonds. The van der Waals surface area contributed by atoms with E-state index in [1.165, 1.54) is 24.0 Å². The molecule has 0 unspecified atom stereocenters. The lowest BCUT2D eigenvalue weighted by Gasteiger charge is -2.07. The molecule has 0 aliphatic carbocycles. The smallest absolute Gasteiger partial charge is 0.000824 e. The van der Waals surface area contributed by atoms with Crippen LogP contribution < -0.4 is 5.32 Å². The monoisotopic (exact) mass is 219 g/mol. The van der Waals surface area contributed by atoms with Crippen LogP contribution in [0, 0.1) is 5.92 Å². The predicted octanol–water partition coefficient (Wildman–Crippen LogP) is 3.43. The summed E-state index contributed by atoms with van der Waals surface area (Å²) >= 11 is 0. The Balaban J connectivity index is 2.26. The van der Waals surface area contributed by atoms with E-state index in [9.17, 15) is 0 Å². The van der Waals surface area contributed by atoms with E-state index in [0.29, 0.717) is 0 Å². The first-order chi connectivity index (χ1) is 7.72. The summed E-state index contributed by atoms with van der Waals surface area (Å²) in [5.41, 5.74) is 2.90. The van der Waals surface area contributed by atoms with Crippen LogP contribution in [-0.2, 0) is 12.8 Å². The molecule has 0 radical (unpaired) electrons. The van der Waals surface area contributed by atoms with E-state index in [1.807, 2.05) is 0 Å². The molecule has 0 fully saturated rings. The quantitative estimate of drug-likeness (QED) is 0.693. The second-order valence-corrected chi connectivity index (χ2v) is 4.91. The highest BCUT2D eigenvalue weighted by molar-refractivity contribution is 5.22. The maximum absolute atomic E-state index is 3.47. The molecular weight excluding hydrogens is 194 g/mol. The van der Waals surface area contributed by atoms with Gasteiger partial charge in [0.2, 0.25) is 0 Å². The molecule has 0 spiro atoms. The van der Waals surface area contributed by atoms with Gasteiger partial charge in [-0.2, -0.15) is 0 Å². The minimum Gasteiger partial charge on any atom is -0.316 e. The van der Waals surface area contributed by atoms with Crippen LogP contribution in [0.15, 0.2) is 24.3 Å². The molecule has 90 valence electrons. The van der Waals surface area contributed by atoms with Crippen molar-refractivity contribution in [3.8, 4) is 0 Å². The molecule has 1 heteroatoms. The third kappa shape index (κ3) is 5.32. The van der Waals surface area contributed by atoms with Crippen molar-refractivity contribution in [1.82, 2.24) is 5.32 Å². The van der Waals surface area contributed by atoms with Gasteiger partial charge in [0.15, 0.2) is 0 Å². The Morgan fingerprint density at radius 2 is 1.56 bits per heavy atom. The Hall–Kier alpha value is -0.820. The van der Waals surface area contributed by atoms with E-state index in [4.69, 9.17) is 0 Å². The second kappa shape index (κ2) is 7.45. The molecule has 0 aliphatic heterocycles. The van der Waals surface area contributed by atoms with Gasteiger partial charge in [0, 0.05) is 0 Å². The fourth-order valence-electron chi connectivity index (χ4n) is 1.78. The lowest BCUT2D eigenvalue weighted by atomic mass is 10.1. The van der Waals surface area contributed by atoms with Crippen molar-refractivity contribution < 1.29 is 0 Å². The number of hydrogen-bond acceptors (Lipinski definition) is 1. The van der Waals surface area contributed by atoms with E-state index in [-0.39, 0.29) is 0 Å². The summed E-state index contributed by atoms with van der Waals surface area (Å²) in [6.07, 6.45) is 3.57. The highest BCUT2D eigenvalue weighted by atomic mass is 14.8. The predicted molar refractivity (Wildman–Crippen MR) is 71.8 cm³/mol. The fourth-order valence-corrected chi connectivity index (χ4v) is 1.78. The van der Waals surface area contributed by atoms with Gasteiger partial charge in [-0.3, -0.25) is 0 Å². The lowest BCUT2D eigenvalue weighted by molar-refractivity contribution is 0.554. The minimum atomic E-state index is 0.743. The molecule has 0 aromatic heterocycles. The van der Waals surface area contributed by atoms with E-state index < -0.39 is 0 Å². The Bertz CT molecular complexity index is 274. The molecule has 1 aromatic carbocycles. The fraction of sp³-hybridized carbons (Fsp3) is 0.600. The number of nitrogens with one attached hydrogen (secondary N) is 1. The number of rotatable bonds is 7. The van der Waals surface area contributed by atoms with Crippen molar-refractivity contribution in [1.29, 1.82) is 0 Å². The number of benzene rings is 1. The summed E-state index contributed by atoms with van der Waals surface area (Å²) in [6, 6.07) is 9.06. The van der Waals surface area contributed by atoms with Crippen LogP contribution in [0.4, 0.5) is 0 Å². The van der Waals surface area contributed by atoms with E-state index >= 15 is 0 Å². The summed E-state index contributed by atoms with van der Waals surface area (Å²) in [7, 11) is 0. The van der Waals surface area contributed by atoms with Gasteiger partial charge in [-0.1, -0.05) is 51.5 Å². The summed E-state index contributed by atoms with van der Waals surface area (Å²) in [4.78, 5) is 0. The van der Waals surface area contributed by atoms with Gasteiger partial charge in [-0.05, 0) is 43.0 Å². The van der Waals surface area contributed by atoms with Crippen LogP contribution in [0.3, 0.4) is 0 Å². The summed E-state index contributed by atoms with van der Waals surface area (Å²) in [5.74, 6) is 0.743. The minimum absolute atomic E-state index is 0.743. The van der Waals surface area contributed by atoms with E-state index in [0.717, 1.165) is 25.4 Å². The van der Waals surface area contributed by atoms with Gasteiger partial charge in [-0.25, -0.2) is 0 Å². The maximum Gasteiger partial charge on any atom is -0.000824 e. The van der Waals surface area contributed by atoms with Crippen molar-refractivity contribution >= 4 is 0 Å². The first kappa shape index (κ1) is 13.2. The molecule has 1 aromatic rings. The third-order valence-corrected chi connectivity index (χ3v) is 2.70. The lowest BCUT2D eigenvalue weighted by Crippen LogP contribution is -2.22. The summed E-state index contributed by atoms with van der Waals surface area (Å²) in [6.45, 7) is 8.92. The molecule has 0 saturated carbocycles. The Kier molecular flexibility index (Phi) is 6.17. The number of aryl methyl sites for hydroxylation is 1. The van der Waals surface area contributed by atoms with Crippen LogP contribution in [0.5, 0.6) is 0 Å². The van der Waals surface area contributed by atoms with Gasteiger partial charge in [0.05, 0.1) is 0 Å². The van der Waals surface area contributed by atoms with Gasteiger partial charge < -0.3 is 5.32 Å². The van der Waals surface area contributed by atoms with Crippen LogP contribution in [0.2, 0.25) is 0 Å². The largest absolute Gasteiger partial charge is 0.316 e. The molecule has 0 saturated heterocycles. The molecule has 16 heavy (non-hydrogen) atoms. The van der Waals surface area contributed by atoms with Crippen molar-refractivity contribution in [3.05, 3.63) is 35.4 Å². The van der Waals surface area contributed by atoms with Gasteiger partial charge in [0.1, 0.15) is 0 Å². The summed E-state index contributed by atoms with van der Waals surface area (Å²) in [5, 5.41) is 3.47. The van der Waals surface area contributed by atoms with Crippen molar-refractivity contribution in [3.63, 3.8) is 0 Å². The summed E-state index contributed by atoms with van der Waals surface area (Å²) < 4.78 is 0. The first-order valence-electron chi connectivity index (χ1n) is 6.51. The van der Waals surface area contributed by atoms with Crippen LogP contribution in [0.1, 0.15) is 38.3 Å². The molecule has 0 aliphatic rings. The van der Waals surface area contributed by atoms with Crippen LogP contribution in [-0.4, -0.2) is 13.1 Å². The third-order valence-electron chi connectivity index (χ3n) is 2.70. The molecule has 0 atom stereocenters. The molecule has 0 bridgehead atoms. The molecule has 1 N–H and O–H groups in total. The standard InChI is InChI=1S/C15H25N/c1-4-5-14-6-8-15(9-7-14)10-11-16-12-13(2)3/h6-9,13,16H,4-5,10-12H2,1-3H3. The second-order valence-electron chi connectivity index (χ2n) is 4.91. The Morgan fingerprint density at radius 1 is 1.00 bits per heavy atom. The average Bonchev–Trinajstić information content (AvgIpc) is 2.27. The average molecular weight is 219 g/mol. The van der Waals surface area contributed by atoms with Crippen molar-refractivity contribution in [2.45, 2.75) is 40.0 Å². The molecule has 0 heterocycles. The Labute approximate surface area is 100 Å². The first-order valence-corrected chi connectivity index (χ1v) is 6.51. The Morgan fingerprint density at radius 3 is 2.06 bits per heavy atom. The highest BCUT2D eigenvalue weighted by Crippen LogP contribution is 2.06. The van der Waals surface area contributed by atoms with Gasteiger partial charge in [0.25, 0.3) is 0 Å². The van der Waals surface area contributed by atoms with E-state index in [1.54, 1.807) is 0 Å². The maximum atomic E-state index is 3.47. The molecular formula is C15H25N. The van der Waals surface area contributed by atoms with Crippen LogP contribution in [0.25, 0.3) is 0 Å².